The molecular weight excluding hydrogens is 250 g/mol. The SMILES string of the molecule is CCN(/C=C(/C#N)C(=O)Nc1cccc(C)c1C)CC. The first-order valence-electron chi connectivity index (χ1n) is 6.77. The fourth-order valence-electron chi connectivity index (χ4n) is 1.80. The van der Waals surface area contributed by atoms with Gasteiger partial charge in [0.25, 0.3) is 5.91 Å². The Bertz CT molecular complexity index is 551. The molecule has 0 aliphatic carbocycles. The van der Waals surface area contributed by atoms with Gasteiger partial charge in [0.15, 0.2) is 0 Å². The highest BCUT2D eigenvalue weighted by Gasteiger charge is 2.12. The molecule has 1 amide bonds. The van der Waals surface area contributed by atoms with Crippen LogP contribution < -0.4 is 5.32 Å². The Morgan fingerprint density at radius 1 is 1.35 bits per heavy atom. The summed E-state index contributed by atoms with van der Waals surface area (Å²) < 4.78 is 0. The zero-order chi connectivity index (χ0) is 15.1. The molecule has 0 aliphatic rings. The molecule has 0 radical (unpaired) electrons. The largest absolute Gasteiger partial charge is 0.377 e. The number of carbonyl (C=O) groups excluding carboxylic acids is 1. The number of nitrogens with one attached hydrogen (secondary N) is 1. The van der Waals surface area contributed by atoms with E-state index in [0.29, 0.717) is 0 Å². The predicted octanol–water partition coefficient (Wildman–Crippen LogP) is 2.99. The van der Waals surface area contributed by atoms with Crippen LogP contribution in [0.3, 0.4) is 0 Å². The van der Waals surface area contributed by atoms with Crippen molar-refractivity contribution < 1.29 is 4.79 Å². The van der Waals surface area contributed by atoms with Gasteiger partial charge < -0.3 is 10.2 Å². The minimum absolute atomic E-state index is 0.120. The van der Waals surface area contributed by atoms with Crippen LogP contribution in [0, 0.1) is 25.2 Å². The van der Waals surface area contributed by atoms with Crippen molar-refractivity contribution in [2.24, 2.45) is 0 Å². The van der Waals surface area contributed by atoms with Gasteiger partial charge in [-0.3, -0.25) is 4.79 Å². The van der Waals surface area contributed by atoms with Crippen LogP contribution in [0.15, 0.2) is 30.0 Å². The Kier molecular flexibility index (Phi) is 5.79. The first kappa shape index (κ1) is 15.8. The molecule has 1 aromatic carbocycles. The minimum atomic E-state index is -0.367. The van der Waals surface area contributed by atoms with Gasteiger partial charge >= 0.3 is 0 Å². The Balaban J connectivity index is 2.94. The molecule has 0 atom stereocenters. The quantitative estimate of drug-likeness (QED) is 0.661. The van der Waals surface area contributed by atoms with E-state index >= 15 is 0 Å². The maximum atomic E-state index is 12.1. The standard InChI is InChI=1S/C16H21N3O/c1-5-19(6-2)11-14(10-17)16(20)18-15-9-7-8-12(3)13(15)4/h7-9,11H,5-6H2,1-4H3,(H,18,20)/b14-11-. The number of hydrogen-bond donors (Lipinski definition) is 1. The second-order valence-corrected chi connectivity index (χ2v) is 4.58. The van der Waals surface area contributed by atoms with Gasteiger partial charge in [0.2, 0.25) is 0 Å². The van der Waals surface area contributed by atoms with Gasteiger partial charge in [-0.15, -0.1) is 0 Å². The molecule has 1 rings (SSSR count). The van der Waals surface area contributed by atoms with Gasteiger partial charge in [-0.05, 0) is 44.9 Å². The van der Waals surface area contributed by atoms with Crippen LogP contribution in [0.25, 0.3) is 0 Å². The summed E-state index contributed by atoms with van der Waals surface area (Å²) in [5, 5.41) is 11.9. The van der Waals surface area contributed by atoms with Gasteiger partial charge in [0.1, 0.15) is 11.6 Å². The molecule has 1 N–H and O–H groups in total. The average Bonchev–Trinajstić information content (AvgIpc) is 2.45. The Labute approximate surface area is 120 Å². The predicted molar refractivity (Wildman–Crippen MR) is 81.2 cm³/mol. The van der Waals surface area contributed by atoms with Crippen LogP contribution in [-0.4, -0.2) is 23.9 Å². The third-order valence-electron chi connectivity index (χ3n) is 3.34. The second kappa shape index (κ2) is 7.34. The molecule has 0 saturated heterocycles. The lowest BCUT2D eigenvalue weighted by molar-refractivity contribution is -0.112. The number of carbonyl (C=O) groups is 1. The number of amides is 1. The van der Waals surface area contributed by atoms with Gasteiger partial charge in [0.05, 0.1) is 0 Å². The summed E-state index contributed by atoms with van der Waals surface area (Å²) in [6.45, 7) is 9.43. The molecule has 0 unspecified atom stereocenters. The summed E-state index contributed by atoms with van der Waals surface area (Å²) in [5.41, 5.74) is 2.99. The summed E-state index contributed by atoms with van der Waals surface area (Å²) in [5.74, 6) is -0.367. The molecule has 0 spiro atoms. The lowest BCUT2D eigenvalue weighted by atomic mass is 10.1. The number of hydrogen-bond acceptors (Lipinski definition) is 3. The fraction of sp³-hybridized carbons (Fsp3) is 0.375. The van der Waals surface area contributed by atoms with Crippen LogP contribution in [0.4, 0.5) is 5.69 Å². The number of rotatable bonds is 5. The summed E-state index contributed by atoms with van der Waals surface area (Å²) >= 11 is 0. The number of nitrogens with zero attached hydrogens (tertiary/aromatic N) is 2. The van der Waals surface area contributed by atoms with Crippen molar-refractivity contribution in [1.29, 1.82) is 5.26 Å². The highest BCUT2D eigenvalue weighted by Crippen LogP contribution is 2.18. The second-order valence-electron chi connectivity index (χ2n) is 4.58. The molecule has 1 aromatic rings. The third-order valence-corrected chi connectivity index (χ3v) is 3.34. The lowest BCUT2D eigenvalue weighted by Gasteiger charge is -2.16. The minimum Gasteiger partial charge on any atom is -0.377 e. The molecular formula is C16H21N3O. The van der Waals surface area contributed by atoms with E-state index < -0.39 is 0 Å². The van der Waals surface area contributed by atoms with E-state index in [1.807, 2.05) is 56.9 Å². The van der Waals surface area contributed by atoms with Crippen molar-refractivity contribution in [3.63, 3.8) is 0 Å². The lowest BCUT2D eigenvalue weighted by Crippen LogP contribution is -2.21. The van der Waals surface area contributed by atoms with Crippen molar-refractivity contribution in [2.45, 2.75) is 27.7 Å². The zero-order valence-corrected chi connectivity index (χ0v) is 12.5. The molecule has 0 bridgehead atoms. The molecule has 0 aromatic heterocycles. The summed E-state index contributed by atoms with van der Waals surface area (Å²) in [6.07, 6.45) is 1.61. The molecule has 0 fully saturated rings. The number of benzene rings is 1. The van der Waals surface area contributed by atoms with E-state index in [4.69, 9.17) is 5.26 Å². The van der Waals surface area contributed by atoms with Crippen molar-refractivity contribution in [3.05, 3.63) is 41.1 Å². The number of nitriles is 1. The van der Waals surface area contributed by atoms with Crippen molar-refractivity contribution in [1.82, 2.24) is 4.90 Å². The van der Waals surface area contributed by atoms with Crippen molar-refractivity contribution >= 4 is 11.6 Å². The Hall–Kier alpha value is -2.28. The highest BCUT2D eigenvalue weighted by molar-refractivity contribution is 6.06. The molecule has 0 heterocycles. The van der Waals surface area contributed by atoms with Gasteiger partial charge in [-0.25, -0.2) is 0 Å². The van der Waals surface area contributed by atoms with Crippen LogP contribution in [0.5, 0.6) is 0 Å². The number of aryl methyl sites for hydroxylation is 1. The topological polar surface area (TPSA) is 56.1 Å². The van der Waals surface area contributed by atoms with E-state index in [1.54, 1.807) is 6.20 Å². The maximum Gasteiger partial charge on any atom is 0.267 e. The van der Waals surface area contributed by atoms with E-state index in [2.05, 4.69) is 5.32 Å². The zero-order valence-electron chi connectivity index (χ0n) is 12.5. The molecule has 4 nitrogen and oxygen atoms in total. The molecule has 20 heavy (non-hydrogen) atoms. The molecule has 106 valence electrons. The smallest absolute Gasteiger partial charge is 0.267 e. The third kappa shape index (κ3) is 3.86. The monoisotopic (exact) mass is 271 g/mol. The van der Waals surface area contributed by atoms with E-state index in [-0.39, 0.29) is 11.5 Å². The first-order chi connectivity index (χ1) is 9.53. The van der Waals surface area contributed by atoms with Crippen molar-refractivity contribution in [3.8, 4) is 6.07 Å². The Morgan fingerprint density at radius 2 is 2.00 bits per heavy atom. The first-order valence-corrected chi connectivity index (χ1v) is 6.77. The summed E-state index contributed by atoms with van der Waals surface area (Å²) in [4.78, 5) is 14.1. The highest BCUT2D eigenvalue weighted by atomic mass is 16.1. The summed E-state index contributed by atoms with van der Waals surface area (Å²) in [7, 11) is 0. The Morgan fingerprint density at radius 3 is 2.55 bits per heavy atom. The molecule has 0 aliphatic heterocycles. The van der Waals surface area contributed by atoms with Crippen LogP contribution in [0.1, 0.15) is 25.0 Å². The van der Waals surface area contributed by atoms with E-state index in [1.165, 1.54) is 0 Å². The normalized spacial score (nSPS) is 10.8. The van der Waals surface area contributed by atoms with Crippen LogP contribution in [0.2, 0.25) is 0 Å². The maximum absolute atomic E-state index is 12.1. The van der Waals surface area contributed by atoms with Gasteiger partial charge in [-0.2, -0.15) is 5.26 Å². The van der Waals surface area contributed by atoms with E-state index in [0.717, 1.165) is 29.9 Å². The van der Waals surface area contributed by atoms with Crippen LogP contribution in [-0.2, 0) is 4.79 Å². The molecule has 4 heteroatoms. The average molecular weight is 271 g/mol. The van der Waals surface area contributed by atoms with Gasteiger partial charge in [-0.1, -0.05) is 12.1 Å². The van der Waals surface area contributed by atoms with Crippen molar-refractivity contribution in [2.75, 3.05) is 18.4 Å². The molecule has 0 saturated carbocycles. The van der Waals surface area contributed by atoms with Gasteiger partial charge in [0, 0.05) is 25.0 Å². The van der Waals surface area contributed by atoms with E-state index in [9.17, 15) is 4.79 Å². The van der Waals surface area contributed by atoms with Crippen LogP contribution >= 0.6 is 0 Å². The fourth-order valence-corrected chi connectivity index (χ4v) is 1.80. The number of anilines is 1. The summed E-state index contributed by atoms with van der Waals surface area (Å²) in [6, 6.07) is 7.68.